The molecule has 21 heavy (non-hydrogen) atoms. The Morgan fingerprint density at radius 1 is 1.24 bits per heavy atom. The van der Waals surface area contributed by atoms with Crippen molar-refractivity contribution in [3.05, 3.63) is 35.9 Å². The topological polar surface area (TPSA) is 30.9 Å². The highest BCUT2D eigenvalue weighted by Crippen LogP contribution is 2.18. The van der Waals surface area contributed by atoms with Gasteiger partial charge in [0.05, 0.1) is 6.54 Å². The molecule has 0 aliphatic carbocycles. The summed E-state index contributed by atoms with van der Waals surface area (Å²) in [7, 11) is 2.11. The first-order valence-corrected chi connectivity index (χ1v) is 7.57. The second kappa shape index (κ2) is 7.98. The fraction of sp³-hybridized carbons (Fsp3) is 0.562. The summed E-state index contributed by atoms with van der Waals surface area (Å²) in [6, 6.07) is 10.8. The van der Waals surface area contributed by atoms with Gasteiger partial charge in [0, 0.05) is 33.2 Å². The monoisotopic (exact) mass is 400 g/mol. The van der Waals surface area contributed by atoms with E-state index < -0.39 is 0 Å². The zero-order chi connectivity index (χ0) is 13.8. The molecule has 0 radical (unpaired) electrons. The third kappa shape index (κ3) is 4.57. The maximum Gasteiger partial charge on any atom is 0.193 e. The lowest BCUT2D eigenvalue weighted by molar-refractivity contribution is 0.316. The molecular weight excluding hydrogens is 375 g/mol. The minimum atomic E-state index is 0. The van der Waals surface area contributed by atoms with Crippen LogP contribution >= 0.6 is 24.0 Å². The molecule has 0 aromatic heterocycles. The van der Waals surface area contributed by atoms with E-state index in [-0.39, 0.29) is 24.0 Å². The summed E-state index contributed by atoms with van der Waals surface area (Å²) < 4.78 is 0. The van der Waals surface area contributed by atoms with Crippen molar-refractivity contribution in [1.29, 1.82) is 0 Å². The third-order valence-electron chi connectivity index (χ3n) is 4.23. The average Bonchev–Trinajstić information content (AvgIpc) is 3.07. The number of halogens is 1. The van der Waals surface area contributed by atoms with Gasteiger partial charge in [-0.25, -0.2) is 0 Å². The van der Waals surface area contributed by atoms with E-state index in [2.05, 4.69) is 57.5 Å². The van der Waals surface area contributed by atoms with Crippen LogP contribution in [0, 0.1) is 5.92 Å². The molecule has 116 valence electrons. The van der Waals surface area contributed by atoms with Crippen LogP contribution in [-0.2, 0) is 6.54 Å². The minimum Gasteiger partial charge on any atom is -0.356 e. The maximum atomic E-state index is 4.48. The molecule has 3 rings (SSSR count). The van der Waals surface area contributed by atoms with Crippen LogP contribution in [0.3, 0.4) is 0 Å². The molecule has 1 fully saturated rings. The van der Waals surface area contributed by atoms with Crippen molar-refractivity contribution < 1.29 is 0 Å². The van der Waals surface area contributed by atoms with E-state index in [9.17, 15) is 0 Å². The Hall–Kier alpha value is -0.820. The number of nitrogens with zero attached hydrogens (tertiary/aromatic N) is 3. The van der Waals surface area contributed by atoms with E-state index in [0.29, 0.717) is 0 Å². The van der Waals surface area contributed by atoms with Gasteiger partial charge in [-0.3, -0.25) is 9.89 Å². The van der Waals surface area contributed by atoms with Crippen LogP contribution in [-0.4, -0.2) is 55.5 Å². The highest BCUT2D eigenvalue weighted by Gasteiger charge is 2.23. The van der Waals surface area contributed by atoms with E-state index in [1.807, 2.05) is 0 Å². The molecule has 1 atom stereocenters. The summed E-state index contributed by atoms with van der Waals surface area (Å²) in [6.45, 7) is 6.52. The Bertz CT molecular complexity index is 463. The van der Waals surface area contributed by atoms with Crippen LogP contribution in [0.5, 0.6) is 0 Å². The Morgan fingerprint density at radius 2 is 2.05 bits per heavy atom. The summed E-state index contributed by atoms with van der Waals surface area (Å²) in [5, 5.41) is 3.51. The highest BCUT2D eigenvalue weighted by atomic mass is 127. The molecule has 5 heteroatoms. The van der Waals surface area contributed by atoms with Crippen molar-refractivity contribution in [2.75, 3.05) is 39.8 Å². The molecule has 2 aliphatic rings. The van der Waals surface area contributed by atoms with Gasteiger partial charge in [0.1, 0.15) is 0 Å². The molecule has 0 amide bonds. The normalized spacial score (nSPS) is 22.0. The molecule has 2 aliphatic heterocycles. The average molecular weight is 400 g/mol. The number of likely N-dealkylation sites (tertiary alicyclic amines) is 1. The number of hydrogen-bond donors (Lipinski definition) is 1. The van der Waals surface area contributed by atoms with E-state index in [4.69, 9.17) is 0 Å². The van der Waals surface area contributed by atoms with Gasteiger partial charge in [-0.1, -0.05) is 30.3 Å². The van der Waals surface area contributed by atoms with Crippen LogP contribution in [0.1, 0.15) is 12.0 Å². The molecule has 0 bridgehead atoms. The lowest BCUT2D eigenvalue weighted by atomic mass is 10.1. The molecule has 1 unspecified atom stereocenters. The summed E-state index contributed by atoms with van der Waals surface area (Å²) >= 11 is 0. The zero-order valence-corrected chi connectivity index (χ0v) is 15.0. The van der Waals surface area contributed by atoms with Crippen molar-refractivity contribution in [2.24, 2.45) is 10.9 Å². The molecular formula is C16H25IN4. The first-order chi connectivity index (χ1) is 9.81. The van der Waals surface area contributed by atoms with Gasteiger partial charge in [0.2, 0.25) is 0 Å². The maximum absolute atomic E-state index is 4.48. The van der Waals surface area contributed by atoms with Crippen LogP contribution in [0.15, 0.2) is 35.3 Å². The molecule has 1 saturated heterocycles. The van der Waals surface area contributed by atoms with Crippen LogP contribution < -0.4 is 5.32 Å². The van der Waals surface area contributed by atoms with Crippen LogP contribution in [0.4, 0.5) is 0 Å². The van der Waals surface area contributed by atoms with Crippen LogP contribution in [0.25, 0.3) is 0 Å². The smallest absolute Gasteiger partial charge is 0.193 e. The lowest BCUT2D eigenvalue weighted by Crippen LogP contribution is -2.38. The fourth-order valence-electron chi connectivity index (χ4n) is 3.02. The van der Waals surface area contributed by atoms with Gasteiger partial charge in [-0.2, -0.15) is 0 Å². The Kier molecular flexibility index (Phi) is 6.29. The van der Waals surface area contributed by atoms with Crippen molar-refractivity contribution in [3.8, 4) is 0 Å². The van der Waals surface area contributed by atoms with Crippen molar-refractivity contribution in [3.63, 3.8) is 0 Å². The van der Waals surface area contributed by atoms with E-state index in [1.165, 1.54) is 25.1 Å². The first kappa shape index (κ1) is 16.5. The Balaban J connectivity index is 0.00000161. The van der Waals surface area contributed by atoms with Gasteiger partial charge >= 0.3 is 0 Å². The molecule has 0 saturated carbocycles. The van der Waals surface area contributed by atoms with Crippen LogP contribution in [0.2, 0.25) is 0 Å². The fourth-order valence-corrected chi connectivity index (χ4v) is 3.02. The molecule has 1 aromatic rings. The number of aliphatic imine (C=N–C) groups is 1. The number of likely N-dealkylation sites (N-methyl/N-ethyl adjacent to an activating group) is 1. The Labute approximate surface area is 144 Å². The SMILES string of the molecule is CN1CCN=C1NCC1CCN(Cc2ccccc2)C1.I. The number of hydrogen-bond acceptors (Lipinski definition) is 4. The summed E-state index contributed by atoms with van der Waals surface area (Å²) in [6.07, 6.45) is 1.29. The predicted octanol–water partition coefficient (Wildman–Crippen LogP) is 2.02. The Morgan fingerprint density at radius 3 is 2.76 bits per heavy atom. The van der Waals surface area contributed by atoms with E-state index >= 15 is 0 Å². The molecule has 0 spiro atoms. The second-order valence-corrected chi connectivity index (χ2v) is 5.88. The zero-order valence-electron chi connectivity index (χ0n) is 12.7. The van der Waals surface area contributed by atoms with Gasteiger partial charge < -0.3 is 10.2 Å². The van der Waals surface area contributed by atoms with E-state index in [0.717, 1.165) is 38.1 Å². The predicted molar refractivity (Wildman–Crippen MR) is 98.2 cm³/mol. The molecule has 1 N–H and O–H groups in total. The largest absolute Gasteiger partial charge is 0.356 e. The number of rotatable bonds is 4. The van der Waals surface area contributed by atoms with Gasteiger partial charge in [0.25, 0.3) is 0 Å². The van der Waals surface area contributed by atoms with Gasteiger partial charge in [-0.05, 0) is 24.4 Å². The first-order valence-electron chi connectivity index (χ1n) is 7.57. The third-order valence-corrected chi connectivity index (χ3v) is 4.23. The quantitative estimate of drug-likeness (QED) is 0.785. The second-order valence-electron chi connectivity index (χ2n) is 5.88. The number of nitrogens with one attached hydrogen (secondary N) is 1. The van der Waals surface area contributed by atoms with Gasteiger partial charge in [0.15, 0.2) is 5.96 Å². The van der Waals surface area contributed by atoms with Crippen molar-refractivity contribution in [2.45, 2.75) is 13.0 Å². The number of guanidine groups is 1. The van der Waals surface area contributed by atoms with Gasteiger partial charge in [-0.15, -0.1) is 24.0 Å². The summed E-state index contributed by atoms with van der Waals surface area (Å²) in [5.74, 6) is 1.82. The molecule has 1 aromatic carbocycles. The summed E-state index contributed by atoms with van der Waals surface area (Å²) in [4.78, 5) is 9.24. The van der Waals surface area contributed by atoms with Crippen molar-refractivity contribution in [1.82, 2.24) is 15.1 Å². The molecule has 4 nitrogen and oxygen atoms in total. The standard InChI is InChI=1S/C16H24N4.HI/c1-19-10-8-17-16(19)18-11-15-7-9-20(13-15)12-14-5-3-2-4-6-14;/h2-6,15H,7-13H2,1H3,(H,17,18);1H. The number of benzene rings is 1. The molecule has 2 heterocycles. The summed E-state index contributed by atoms with van der Waals surface area (Å²) in [5.41, 5.74) is 1.42. The lowest BCUT2D eigenvalue weighted by Gasteiger charge is -2.19. The van der Waals surface area contributed by atoms with E-state index in [1.54, 1.807) is 0 Å². The van der Waals surface area contributed by atoms with Crippen molar-refractivity contribution >= 4 is 29.9 Å². The minimum absolute atomic E-state index is 0. The highest BCUT2D eigenvalue weighted by molar-refractivity contribution is 14.0.